The Morgan fingerprint density at radius 1 is 1.00 bits per heavy atom. The number of thioether (sulfide) groups is 1. The van der Waals surface area contributed by atoms with Crippen molar-refractivity contribution in [2.24, 2.45) is 0 Å². The fraction of sp³-hybridized carbons (Fsp3) is 0.115. The normalized spacial score (nSPS) is 10.4. The van der Waals surface area contributed by atoms with Gasteiger partial charge in [-0.05, 0) is 55.5 Å². The molecule has 4 rings (SSSR count). The number of benzene rings is 3. The molecule has 0 fully saturated rings. The van der Waals surface area contributed by atoms with E-state index in [1.54, 1.807) is 4.68 Å². The maximum atomic E-state index is 12.4. The van der Waals surface area contributed by atoms with Gasteiger partial charge >= 0.3 is 0 Å². The van der Waals surface area contributed by atoms with Crippen molar-refractivity contribution in [2.45, 2.75) is 12.7 Å². The average molecular weight is 455 g/mol. The highest BCUT2D eigenvalue weighted by Crippen LogP contribution is 2.24. The Hall–Kier alpha value is -4.02. The summed E-state index contributed by atoms with van der Waals surface area (Å²) in [5.74, 6) is 2.09. The molecule has 164 valence electrons. The summed E-state index contributed by atoms with van der Waals surface area (Å²) in [7, 11) is 0. The van der Waals surface area contributed by atoms with Crippen molar-refractivity contribution >= 4 is 23.4 Å². The van der Waals surface area contributed by atoms with Crippen LogP contribution in [-0.2, 0) is 10.5 Å². The van der Waals surface area contributed by atoms with E-state index in [2.05, 4.69) is 16.5 Å². The summed E-state index contributed by atoms with van der Waals surface area (Å²) in [6, 6.07) is 28.7. The molecule has 0 atom stereocenters. The van der Waals surface area contributed by atoms with Crippen LogP contribution < -0.4 is 10.1 Å². The Balaban J connectivity index is 1.34. The summed E-state index contributed by atoms with van der Waals surface area (Å²) in [6.45, 7) is 1.82. The molecular weight excluding hydrogens is 432 g/mol. The van der Waals surface area contributed by atoms with E-state index in [1.165, 1.54) is 11.8 Å². The lowest BCUT2D eigenvalue weighted by Crippen LogP contribution is -2.14. The number of aromatic nitrogens is 2. The topological polar surface area (TPSA) is 79.9 Å². The van der Waals surface area contributed by atoms with E-state index in [1.807, 2.05) is 91.9 Å². The number of nitrogens with one attached hydrogen (secondary N) is 1. The largest absolute Gasteiger partial charge is 0.457 e. The lowest BCUT2D eigenvalue weighted by Gasteiger charge is -2.09. The number of nitriles is 1. The molecule has 0 radical (unpaired) electrons. The summed E-state index contributed by atoms with van der Waals surface area (Å²) in [4.78, 5) is 12.4. The van der Waals surface area contributed by atoms with Gasteiger partial charge < -0.3 is 10.1 Å². The molecular formula is C26H22N4O2S. The first-order valence-corrected chi connectivity index (χ1v) is 11.5. The van der Waals surface area contributed by atoms with Gasteiger partial charge in [-0.1, -0.05) is 36.4 Å². The lowest BCUT2D eigenvalue weighted by molar-refractivity contribution is -0.113. The summed E-state index contributed by atoms with van der Waals surface area (Å²) in [6.07, 6.45) is 0. The molecule has 0 aliphatic carbocycles. The number of para-hydroxylation sites is 2. The summed E-state index contributed by atoms with van der Waals surface area (Å²) in [5, 5.41) is 17.0. The van der Waals surface area contributed by atoms with Gasteiger partial charge in [0.1, 0.15) is 17.6 Å². The third-order valence-electron chi connectivity index (χ3n) is 4.86. The number of aryl methyl sites for hydroxylation is 1. The van der Waals surface area contributed by atoms with Crippen molar-refractivity contribution in [3.63, 3.8) is 0 Å². The number of nitrogens with zero attached hydrogens (tertiary/aromatic N) is 3. The minimum Gasteiger partial charge on any atom is -0.457 e. The minimum absolute atomic E-state index is 0.113. The van der Waals surface area contributed by atoms with Crippen LogP contribution >= 0.6 is 11.8 Å². The van der Waals surface area contributed by atoms with Crippen LogP contribution in [0.5, 0.6) is 11.5 Å². The molecule has 33 heavy (non-hydrogen) atoms. The van der Waals surface area contributed by atoms with Crippen LogP contribution in [0.3, 0.4) is 0 Å². The van der Waals surface area contributed by atoms with Crippen molar-refractivity contribution < 1.29 is 9.53 Å². The fourth-order valence-corrected chi connectivity index (χ4v) is 4.12. The predicted molar refractivity (Wildman–Crippen MR) is 131 cm³/mol. The van der Waals surface area contributed by atoms with Crippen LogP contribution in [0, 0.1) is 18.3 Å². The molecule has 0 aliphatic heterocycles. The number of ether oxygens (including phenoxy) is 1. The second-order valence-electron chi connectivity index (χ2n) is 7.25. The monoisotopic (exact) mass is 454 g/mol. The molecule has 0 aliphatic rings. The first-order chi connectivity index (χ1) is 16.1. The van der Waals surface area contributed by atoms with Gasteiger partial charge in [-0.3, -0.25) is 4.79 Å². The molecule has 1 N–H and O–H groups in total. The Bertz CT molecular complexity index is 1260. The SMILES string of the molecule is Cc1nn(-c2ccccc2)c(CSCC(=O)Nc2ccc(Oc3ccccc3)cc2)c1C#N. The second-order valence-corrected chi connectivity index (χ2v) is 8.23. The Morgan fingerprint density at radius 3 is 2.30 bits per heavy atom. The van der Waals surface area contributed by atoms with Gasteiger partial charge in [0.05, 0.1) is 28.4 Å². The fourth-order valence-electron chi connectivity index (χ4n) is 3.30. The van der Waals surface area contributed by atoms with Crippen molar-refractivity contribution in [3.05, 3.63) is 102 Å². The Morgan fingerprint density at radius 2 is 1.64 bits per heavy atom. The number of carbonyl (C=O) groups is 1. The molecule has 4 aromatic rings. The van der Waals surface area contributed by atoms with E-state index in [0.717, 1.165) is 17.1 Å². The molecule has 1 aromatic heterocycles. The zero-order valence-corrected chi connectivity index (χ0v) is 18.9. The van der Waals surface area contributed by atoms with Crippen molar-refractivity contribution in [2.75, 3.05) is 11.1 Å². The van der Waals surface area contributed by atoms with Gasteiger partial charge in [-0.2, -0.15) is 10.4 Å². The molecule has 0 saturated heterocycles. The highest BCUT2D eigenvalue weighted by Gasteiger charge is 2.16. The Labute approximate surface area is 196 Å². The van der Waals surface area contributed by atoms with Crippen LogP contribution in [0.15, 0.2) is 84.9 Å². The molecule has 6 nitrogen and oxygen atoms in total. The van der Waals surface area contributed by atoms with Crippen LogP contribution in [0.1, 0.15) is 17.0 Å². The van der Waals surface area contributed by atoms with Crippen molar-refractivity contribution in [3.8, 4) is 23.3 Å². The standard InChI is InChI=1S/C26H22N4O2S/c1-19-24(16-27)25(30(29-19)21-8-4-2-5-9-21)17-33-18-26(31)28-20-12-14-23(15-13-20)32-22-10-6-3-7-11-22/h2-15H,17-18H2,1H3,(H,28,31). The first kappa shape index (κ1) is 22.2. The van der Waals surface area contributed by atoms with Gasteiger partial charge in [0.15, 0.2) is 0 Å². The van der Waals surface area contributed by atoms with Gasteiger partial charge in [0.25, 0.3) is 0 Å². The average Bonchev–Trinajstić information content (AvgIpc) is 3.16. The number of carbonyl (C=O) groups excluding carboxylic acids is 1. The van der Waals surface area contributed by atoms with Gasteiger partial charge in [0.2, 0.25) is 5.91 Å². The van der Waals surface area contributed by atoms with E-state index in [0.29, 0.717) is 28.4 Å². The zero-order chi connectivity index (χ0) is 23.0. The summed E-state index contributed by atoms with van der Waals surface area (Å²) < 4.78 is 7.55. The van der Waals surface area contributed by atoms with Gasteiger partial charge in [-0.25, -0.2) is 4.68 Å². The predicted octanol–water partition coefficient (Wildman–Crippen LogP) is 5.72. The van der Waals surface area contributed by atoms with E-state index in [9.17, 15) is 10.1 Å². The quantitative estimate of drug-likeness (QED) is 0.368. The van der Waals surface area contributed by atoms with Crippen LogP contribution in [0.25, 0.3) is 5.69 Å². The van der Waals surface area contributed by atoms with Crippen molar-refractivity contribution in [1.82, 2.24) is 9.78 Å². The van der Waals surface area contributed by atoms with Crippen LogP contribution in [0.4, 0.5) is 5.69 Å². The summed E-state index contributed by atoms with van der Waals surface area (Å²) >= 11 is 1.44. The highest BCUT2D eigenvalue weighted by molar-refractivity contribution is 7.99. The molecule has 0 bridgehead atoms. The third-order valence-corrected chi connectivity index (χ3v) is 5.80. The van der Waals surface area contributed by atoms with Gasteiger partial charge in [0, 0.05) is 11.4 Å². The lowest BCUT2D eigenvalue weighted by atomic mass is 10.2. The molecule has 7 heteroatoms. The Kier molecular flexibility index (Phi) is 7.08. The van der Waals surface area contributed by atoms with E-state index in [4.69, 9.17) is 4.74 Å². The second kappa shape index (κ2) is 10.5. The molecule has 1 heterocycles. The zero-order valence-electron chi connectivity index (χ0n) is 18.1. The van der Waals surface area contributed by atoms with Crippen molar-refractivity contribution in [1.29, 1.82) is 5.26 Å². The number of hydrogen-bond acceptors (Lipinski definition) is 5. The number of rotatable bonds is 8. The first-order valence-electron chi connectivity index (χ1n) is 10.4. The molecule has 0 unspecified atom stereocenters. The van der Waals surface area contributed by atoms with Crippen LogP contribution in [-0.4, -0.2) is 21.4 Å². The number of amides is 1. The van der Waals surface area contributed by atoms with E-state index in [-0.39, 0.29) is 11.7 Å². The smallest absolute Gasteiger partial charge is 0.234 e. The number of hydrogen-bond donors (Lipinski definition) is 1. The van der Waals surface area contributed by atoms with E-state index >= 15 is 0 Å². The molecule has 1 amide bonds. The van der Waals surface area contributed by atoms with Crippen LogP contribution in [0.2, 0.25) is 0 Å². The molecule has 3 aromatic carbocycles. The summed E-state index contributed by atoms with van der Waals surface area (Å²) in [5.41, 5.74) is 3.62. The van der Waals surface area contributed by atoms with E-state index < -0.39 is 0 Å². The highest BCUT2D eigenvalue weighted by atomic mass is 32.2. The molecule has 0 spiro atoms. The molecule has 0 saturated carbocycles. The maximum absolute atomic E-state index is 12.4. The maximum Gasteiger partial charge on any atom is 0.234 e. The van der Waals surface area contributed by atoms with Gasteiger partial charge in [-0.15, -0.1) is 11.8 Å². The number of anilines is 1. The third kappa shape index (κ3) is 5.62. The minimum atomic E-state index is -0.113.